The Kier molecular flexibility index (Phi) is 3.62. The van der Waals surface area contributed by atoms with Gasteiger partial charge in [0.05, 0.1) is 4.92 Å². The van der Waals surface area contributed by atoms with Crippen LogP contribution in [0.4, 0.5) is 5.69 Å². The molecular formula is C8H14N4O3. The highest BCUT2D eigenvalue weighted by molar-refractivity contribution is 5.38. The van der Waals surface area contributed by atoms with E-state index in [4.69, 9.17) is 4.74 Å². The second-order valence-electron chi connectivity index (χ2n) is 3.24. The second kappa shape index (κ2) is 4.74. The summed E-state index contributed by atoms with van der Waals surface area (Å²) in [6.07, 6.45) is 1.16. The maximum atomic E-state index is 10.6. The molecule has 1 heterocycles. The largest absolute Gasteiger partial charge is 0.467 e. The van der Waals surface area contributed by atoms with Crippen LogP contribution in [0, 0.1) is 10.1 Å². The molecule has 1 rings (SSSR count). The van der Waals surface area contributed by atoms with Crippen molar-refractivity contribution in [3.63, 3.8) is 0 Å². The van der Waals surface area contributed by atoms with Gasteiger partial charge in [0.2, 0.25) is 0 Å². The van der Waals surface area contributed by atoms with E-state index in [-0.39, 0.29) is 17.7 Å². The normalized spacial score (nSPS) is 12.5. The third-order valence-electron chi connectivity index (χ3n) is 1.78. The Morgan fingerprint density at radius 2 is 2.47 bits per heavy atom. The first-order chi connectivity index (χ1) is 7.04. The first-order valence-corrected chi connectivity index (χ1v) is 4.54. The predicted octanol–water partition coefficient (Wildman–Crippen LogP) is 0.315. The minimum absolute atomic E-state index is 0.0604. The van der Waals surface area contributed by atoms with E-state index in [1.54, 1.807) is 14.1 Å². The third kappa shape index (κ3) is 2.91. The third-order valence-corrected chi connectivity index (χ3v) is 1.78. The highest BCUT2D eigenvalue weighted by Crippen LogP contribution is 2.24. The average molecular weight is 214 g/mol. The van der Waals surface area contributed by atoms with Gasteiger partial charge < -0.3 is 10.1 Å². The molecule has 1 N–H and O–H groups in total. The summed E-state index contributed by atoms with van der Waals surface area (Å²) in [5, 5.41) is 17.4. The highest BCUT2D eigenvalue weighted by atomic mass is 16.6. The molecule has 0 bridgehead atoms. The zero-order valence-corrected chi connectivity index (χ0v) is 8.93. The van der Waals surface area contributed by atoms with Gasteiger partial charge in [0.25, 0.3) is 0 Å². The van der Waals surface area contributed by atoms with E-state index < -0.39 is 4.92 Å². The van der Waals surface area contributed by atoms with Crippen molar-refractivity contribution in [3.8, 4) is 5.88 Å². The van der Waals surface area contributed by atoms with Gasteiger partial charge in [-0.3, -0.25) is 14.8 Å². The van der Waals surface area contributed by atoms with Gasteiger partial charge in [0.1, 0.15) is 12.3 Å². The van der Waals surface area contributed by atoms with Crippen LogP contribution in [0.15, 0.2) is 6.20 Å². The zero-order valence-electron chi connectivity index (χ0n) is 8.93. The van der Waals surface area contributed by atoms with Gasteiger partial charge in [-0.15, -0.1) is 5.10 Å². The summed E-state index contributed by atoms with van der Waals surface area (Å²) in [5.74, 6) is 0.0604. The van der Waals surface area contributed by atoms with E-state index >= 15 is 0 Å². The van der Waals surface area contributed by atoms with Crippen LogP contribution < -0.4 is 10.1 Å². The van der Waals surface area contributed by atoms with E-state index in [9.17, 15) is 10.1 Å². The van der Waals surface area contributed by atoms with Crippen LogP contribution in [0.25, 0.3) is 0 Å². The number of hydrogen-bond acceptors (Lipinski definition) is 5. The van der Waals surface area contributed by atoms with Crippen molar-refractivity contribution in [2.24, 2.45) is 7.05 Å². The molecule has 15 heavy (non-hydrogen) atoms. The number of nitrogens with zero attached hydrogens (tertiary/aromatic N) is 3. The van der Waals surface area contributed by atoms with Crippen molar-refractivity contribution in [2.45, 2.75) is 13.0 Å². The van der Waals surface area contributed by atoms with Crippen molar-refractivity contribution < 1.29 is 9.66 Å². The van der Waals surface area contributed by atoms with Crippen molar-refractivity contribution in [3.05, 3.63) is 16.3 Å². The van der Waals surface area contributed by atoms with Gasteiger partial charge in [-0.05, 0) is 14.0 Å². The summed E-state index contributed by atoms with van der Waals surface area (Å²) >= 11 is 0. The minimum atomic E-state index is -0.506. The Hall–Kier alpha value is -1.63. The molecule has 1 atom stereocenters. The molecule has 7 heteroatoms. The summed E-state index contributed by atoms with van der Waals surface area (Å²) in [7, 11) is 3.40. The standard InChI is InChI=1S/C8H14N4O3/c1-6(4-9-2)15-8-7(12(13)14)5-11(3)10-8/h5-6,9H,4H2,1-3H3. The van der Waals surface area contributed by atoms with Crippen molar-refractivity contribution in [1.82, 2.24) is 15.1 Å². The molecule has 0 saturated carbocycles. The first kappa shape index (κ1) is 11.4. The number of aryl methyl sites for hydroxylation is 1. The van der Waals surface area contributed by atoms with Crippen molar-refractivity contribution >= 4 is 5.69 Å². The Labute approximate surface area is 87.2 Å². The van der Waals surface area contributed by atoms with E-state index in [1.165, 1.54) is 10.9 Å². The van der Waals surface area contributed by atoms with Crippen molar-refractivity contribution in [2.75, 3.05) is 13.6 Å². The fourth-order valence-electron chi connectivity index (χ4n) is 1.18. The van der Waals surface area contributed by atoms with E-state index in [1.807, 2.05) is 6.92 Å². The number of ether oxygens (including phenoxy) is 1. The number of nitrogens with one attached hydrogen (secondary N) is 1. The average Bonchev–Trinajstić information content (AvgIpc) is 2.47. The smallest absolute Gasteiger partial charge is 0.350 e. The Balaban J connectivity index is 2.79. The predicted molar refractivity (Wildman–Crippen MR) is 53.9 cm³/mol. The lowest BCUT2D eigenvalue weighted by Gasteiger charge is -2.10. The molecule has 0 radical (unpaired) electrons. The second-order valence-corrected chi connectivity index (χ2v) is 3.24. The van der Waals surface area contributed by atoms with Crippen LogP contribution >= 0.6 is 0 Å². The lowest BCUT2D eigenvalue weighted by Crippen LogP contribution is -2.26. The minimum Gasteiger partial charge on any atom is -0.467 e. The van der Waals surface area contributed by atoms with E-state index in [2.05, 4.69) is 10.4 Å². The maximum Gasteiger partial charge on any atom is 0.350 e. The van der Waals surface area contributed by atoms with Crippen LogP contribution in [-0.2, 0) is 7.05 Å². The molecule has 0 saturated heterocycles. The Morgan fingerprint density at radius 3 is 3.00 bits per heavy atom. The summed E-state index contributed by atoms with van der Waals surface area (Å²) in [6, 6.07) is 0. The number of aromatic nitrogens is 2. The molecule has 0 aliphatic rings. The highest BCUT2D eigenvalue weighted by Gasteiger charge is 2.21. The SMILES string of the molecule is CNCC(C)Oc1nn(C)cc1[N+](=O)[O-]. The summed E-state index contributed by atoms with van der Waals surface area (Å²) in [4.78, 5) is 10.1. The molecule has 0 aliphatic heterocycles. The molecule has 1 unspecified atom stereocenters. The Bertz CT molecular complexity index is 350. The van der Waals surface area contributed by atoms with Gasteiger partial charge in [-0.2, -0.15) is 0 Å². The molecule has 1 aromatic rings. The molecular weight excluding hydrogens is 200 g/mol. The molecule has 1 aromatic heterocycles. The molecule has 0 aliphatic carbocycles. The van der Waals surface area contributed by atoms with Crippen LogP contribution in [0.1, 0.15) is 6.92 Å². The van der Waals surface area contributed by atoms with E-state index in [0.717, 1.165) is 0 Å². The number of nitro groups is 1. The monoisotopic (exact) mass is 214 g/mol. The fraction of sp³-hybridized carbons (Fsp3) is 0.625. The fourth-order valence-corrected chi connectivity index (χ4v) is 1.18. The van der Waals surface area contributed by atoms with Gasteiger partial charge in [0, 0.05) is 13.6 Å². The topological polar surface area (TPSA) is 82.2 Å². The quantitative estimate of drug-likeness (QED) is 0.563. The number of likely N-dealkylation sites (N-methyl/N-ethyl adjacent to an activating group) is 1. The van der Waals surface area contributed by atoms with Gasteiger partial charge >= 0.3 is 11.6 Å². The lowest BCUT2D eigenvalue weighted by atomic mass is 10.4. The molecule has 0 spiro atoms. The summed E-state index contributed by atoms with van der Waals surface area (Å²) < 4.78 is 6.69. The van der Waals surface area contributed by atoms with Crippen LogP contribution in [-0.4, -0.2) is 34.4 Å². The summed E-state index contributed by atoms with van der Waals surface area (Å²) in [6.45, 7) is 2.42. The number of hydrogen-bond donors (Lipinski definition) is 1. The van der Waals surface area contributed by atoms with Crippen LogP contribution in [0.3, 0.4) is 0 Å². The Morgan fingerprint density at radius 1 is 1.80 bits per heavy atom. The molecule has 84 valence electrons. The maximum absolute atomic E-state index is 10.6. The van der Waals surface area contributed by atoms with Gasteiger partial charge in [-0.1, -0.05) is 0 Å². The first-order valence-electron chi connectivity index (χ1n) is 4.54. The van der Waals surface area contributed by atoms with Gasteiger partial charge in [0.15, 0.2) is 0 Å². The molecule has 0 aromatic carbocycles. The lowest BCUT2D eigenvalue weighted by molar-refractivity contribution is -0.386. The van der Waals surface area contributed by atoms with E-state index in [0.29, 0.717) is 6.54 Å². The van der Waals surface area contributed by atoms with Crippen LogP contribution in [0.2, 0.25) is 0 Å². The summed E-state index contributed by atoms with van der Waals surface area (Å²) in [5.41, 5.74) is -0.111. The van der Waals surface area contributed by atoms with Crippen molar-refractivity contribution in [1.29, 1.82) is 0 Å². The molecule has 0 fully saturated rings. The van der Waals surface area contributed by atoms with Crippen LogP contribution in [0.5, 0.6) is 5.88 Å². The zero-order chi connectivity index (χ0) is 11.4. The molecule has 0 amide bonds. The van der Waals surface area contributed by atoms with Gasteiger partial charge in [-0.25, -0.2) is 0 Å². The molecule has 7 nitrogen and oxygen atoms in total. The number of rotatable bonds is 5.